The van der Waals surface area contributed by atoms with E-state index < -0.39 is 11.7 Å². The SMILES string of the molecule is CCCOc1ccc(-c2csc(C=O)c2)cc1CNC(=O)c1ccc(Cl)cc1F. The van der Waals surface area contributed by atoms with Crippen LogP contribution in [-0.2, 0) is 6.54 Å². The van der Waals surface area contributed by atoms with Gasteiger partial charge in [0.2, 0.25) is 0 Å². The zero-order valence-electron chi connectivity index (χ0n) is 15.7. The quantitative estimate of drug-likeness (QED) is 0.463. The fourth-order valence-corrected chi connectivity index (χ4v) is 3.64. The Balaban J connectivity index is 1.83. The largest absolute Gasteiger partial charge is 0.493 e. The lowest BCUT2D eigenvalue weighted by Gasteiger charge is -2.14. The third-order valence-corrected chi connectivity index (χ3v) is 5.30. The highest BCUT2D eigenvalue weighted by atomic mass is 35.5. The van der Waals surface area contributed by atoms with Crippen molar-refractivity contribution >= 4 is 35.1 Å². The minimum Gasteiger partial charge on any atom is -0.493 e. The number of benzene rings is 2. The van der Waals surface area contributed by atoms with Crippen molar-refractivity contribution in [3.8, 4) is 16.9 Å². The average molecular weight is 432 g/mol. The maximum atomic E-state index is 14.0. The van der Waals surface area contributed by atoms with Crippen LogP contribution in [0.1, 0.15) is 38.9 Å². The molecule has 0 bridgehead atoms. The van der Waals surface area contributed by atoms with Gasteiger partial charge < -0.3 is 10.1 Å². The smallest absolute Gasteiger partial charge is 0.254 e. The molecular weight excluding hydrogens is 413 g/mol. The molecule has 0 saturated carbocycles. The predicted molar refractivity (Wildman–Crippen MR) is 114 cm³/mol. The Bertz CT molecular complexity index is 1030. The lowest BCUT2D eigenvalue weighted by atomic mass is 10.0. The molecule has 4 nitrogen and oxygen atoms in total. The van der Waals surface area contributed by atoms with E-state index >= 15 is 0 Å². The first-order chi connectivity index (χ1) is 14.0. The second kappa shape index (κ2) is 9.67. The zero-order valence-corrected chi connectivity index (χ0v) is 17.3. The predicted octanol–water partition coefficient (Wildman–Crippen LogP) is 5.74. The molecule has 3 aromatic rings. The topological polar surface area (TPSA) is 55.4 Å². The third-order valence-electron chi connectivity index (χ3n) is 4.21. The highest BCUT2D eigenvalue weighted by molar-refractivity contribution is 7.12. The second-order valence-corrected chi connectivity index (χ2v) is 7.71. The van der Waals surface area contributed by atoms with Crippen LogP contribution in [0.25, 0.3) is 11.1 Å². The summed E-state index contributed by atoms with van der Waals surface area (Å²) in [7, 11) is 0. The lowest BCUT2D eigenvalue weighted by molar-refractivity contribution is 0.0946. The summed E-state index contributed by atoms with van der Waals surface area (Å²) in [4.78, 5) is 24.0. The molecule has 2 aromatic carbocycles. The second-order valence-electron chi connectivity index (χ2n) is 6.33. The van der Waals surface area contributed by atoms with Gasteiger partial charge in [0, 0.05) is 17.1 Å². The standard InChI is InChI=1S/C22H19ClFNO3S/c1-2-7-28-21-6-3-14(16-9-18(12-26)29-13-16)8-15(21)11-25-22(27)19-5-4-17(23)10-20(19)24/h3-6,8-10,12-13H,2,7,11H2,1H3,(H,25,27). The van der Waals surface area contributed by atoms with Crippen LogP contribution in [0.3, 0.4) is 0 Å². The number of halogens is 2. The molecule has 0 fully saturated rings. The summed E-state index contributed by atoms with van der Waals surface area (Å²) in [5.74, 6) is -0.561. The molecule has 7 heteroatoms. The number of aldehydes is 1. The van der Waals surface area contributed by atoms with E-state index in [1.165, 1.54) is 23.5 Å². The van der Waals surface area contributed by atoms with Crippen LogP contribution >= 0.6 is 22.9 Å². The molecular formula is C22H19ClFNO3S. The van der Waals surface area contributed by atoms with Gasteiger partial charge in [-0.25, -0.2) is 4.39 Å². The van der Waals surface area contributed by atoms with Crippen molar-refractivity contribution in [1.29, 1.82) is 0 Å². The number of hydrogen-bond acceptors (Lipinski definition) is 4. The van der Waals surface area contributed by atoms with Crippen LogP contribution < -0.4 is 10.1 Å². The molecule has 0 radical (unpaired) electrons. The van der Waals surface area contributed by atoms with Gasteiger partial charge in [0.25, 0.3) is 5.91 Å². The van der Waals surface area contributed by atoms with Crippen molar-refractivity contribution in [2.75, 3.05) is 6.61 Å². The molecule has 0 saturated heterocycles. The van der Waals surface area contributed by atoms with Gasteiger partial charge in [0.15, 0.2) is 6.29 Å². The van der Waals surface area contributed by atoms with E-state index in [9.17, 15) is 14.0 Å². The van der Waals surface area contributed by atoms with E-state index in [0.717, 1.165) is 35.5 Å². The van der Waals surface area contributed by atoms with Crippen molar-refractivity contribution in [1.82, 2.24) is 5.32 Å². The molecule has 1 amide bonds. The maximum absolute atomic E-state index is 14.0. The summed E-state index contributed by atoms with van der Waals surface area (Å²) in [6.45, 7) is 2.71. The van der Waals surface area contributed by atoms with Gasteiger partial charge in [-0.3, -0.25) is 9.59 Å². The number of carbonyl (C=O) groups excluding carboxylic acids is 2. The third kappa shape index (κ3) is 5.22. The fraction of sp³-hybridized carbons (Fsp3) is 0.182. The Labute approximate surface area is 177 Å². The van der Waals surface area contributed by atoms with Crippen LogP contribution in [0.15, 0.2) is 47.8 Å². The summed E-state index contributed by atoms with van der Waals surface area (Å²) < 4.78 is 19.8. The monoisotopic (exact) mass is 431 g/mol. The Morgan fingerprint density at radius 1 is 1.21 bits per heavy atom. The molecule has 0 spiro atoms. The van der Waals surface area contributed by atoms with Gasteiger partial charge >= 0.3 is 0 Å². The van der Waals surface area contributed by atoms with Crippen molar-refractivity contribution < 1.29 is 18.7 Å². The Hall–Kier alpha value is -2.70. The van der Waals surface area contributed by atoms with E-state index in [2.05, 4.69) is 5.32 Å². The van der Waals surface area contributed by atoms with Crippen molar-refractivity contribution in [2.24, 2.45) is 0 Å². The average Bonchev–Trinajstić information content (AvgIpc) is 3.20. The molecule has 0 aliphatic carbocycles. The first-order valence-electron chi connectivity index (χ1n) is 9.05. The van der Waals surface area contributed by atoms with Gasteiger partial charge in [-0.15, -0.1) is 11.3 Å². The van der Waals surface area contributed by atoms with E-state index in [4.69, 9.17) is 16.3 Å². The first-order valence-corrected chi connectivity index (χ1v) is 10.3. The lowest BCUT2D eigenvalue weighted by Crippen LogP contribution is -2.24. The van der Waals surface area contributed by atoms with E-state index in [1.54, 1.807) is 0 Å². The van der Waals surface area contributed by atoms with Gasteiger partial charge in [0.1, 0.15) is 11.6 Å². The zero-order chi connectivity index (χ0) is 20.8. The summed E-state index contributed by atoms with van der Waals surface area (Å²) in [6, 6.07) is 11.4. The molecule has 0 aliphatic rings. The first kappa shape index (κ1) is 21.0. The summed E-state index contributed by atoms with van der Waals surface area (Å²) in [5, 5.41) is 4.86. The Kier molecular flexibility index (Phi) is 7.01. The maximum Gasteiger partial charge on any atom is 0.254 e. The van der Waals surface area contributed by atoms with Crippen LogP contribution in [0.5, 0.6) is 5.75 Å². The number of ether oxygens (including phenoxy) is 1. The van der Waals surface area contributed by atoms with Crippen molar-refractivity contribution in [3.05, 3.63) is 74.7 Å². The van der Waals surface area contributed by atoms with Crippen LogP contribution in [0, 0.1) is 5.82 Å². The summed E-state index contributed by atoms with van der Waals surface area (Å²) in [6.07, 6.45) is 1.66. The molecule has 3 rings (SSSR count). The van der Waals surface area contributed by atoms with E-state index in [0.29, 0.717) is 17.2 Å². The molecule has 150 valence electrons. The number of nitrogens with one attached hydrogen (secondary N) is 1. The van der Waals surface area contributed by atoms with Gasteiger partial charge in [0.05, 0.1) is 17.0 Å². The summed E-state index contributed by atoms with van der Waals surface area (Å²) in [5.41, 5.74) is 2.50. The van der Waals surface area contributed by atoms with Crippen molar-refractivity contribution in [3.63, 3.8) is 0 Å². The molecule has 0 unspecified atom stereocenters. The highest BCUT2D eigenvalue weighted by Gasteiger charge is 2.14. The number of hydrogen-bond donors (Lipinski definition) is 1. The number of carbonyl (C=O) groups is 2. The van der Waals surface area contributed by atoms with Gasteiger partial charge in [-0.2, -0.15) is 0 Å². The molecule has 1 N–H and O–H groups in total. The van der Waals surface area contributed by atoms with E-state index in [-0.39, 0.29) is 17.1 Å². The Morgan fingerprint density at radius 2 is 2.03 bits per heavy atom. The minimum atomic E-state index is -0.675. The van der Waals surface area contributed by atoms with Crippen LogP contribution in [0.4, 0.5) is 4.39 Å². The number of thiophene rings is 1. The van der Waals surface area contributed by atoms with Crippen molar-refractivity contribution in [2.45, 2.75) is 19.9 Å². The van der Waals surface area contributed by atoms with Gasteiger partial charge in [-0.05, 0) is 59.3 Å². The van der Waals surface area contributed by atoms with E-state index in [1.807, 2.05) is 36.6 Å². The minimum absolute atomic E-state index is 0.0740. The normalized spacial score (nSPS) is 10.6. The van der Waals surface area contributed by atoms with Crippen LogP contribution in [0.2, 0.25) is 5.02 Å². The molecule has 1 aromatic heterocycles. The fourth-order valence-electron chi connectivity index (χ4n) is 2.76. The molecule has 1 heterocycles. The summed E-state index contributed by atoms with van der Waals surface area (Å²) >= 11 is 7.11. The molecule has 0 aliphatic heterocycles. The Morgan fingerprint density at radius 3 is 2.72 bits per heavy atom. The molecule has 0 atom stereocenters. The number of rotatable bonds is 8. The van der Waals surface area contributed by atoms with Gasteiger partial charge in [-0.1, -0.05) is 24.6 Å². The van der Waals surface area contributed by atoms with Crippen LogP contribution in [-0.4, -0.2) is 18.8 Å². The number of amides is 1. The highest BCUT2D eigenvalue weighted by Crippen LogP contribution is 2.30. The molecule has 29 heavy (non-hydrogen) atoms.